The number of hydrogen-bond donors (Lipinski definition) is 1. The van der Waals surface area contributed by atoms with E-state index in [4.69, 9.17) is 9.53 Å². The maximum Gasteiger partial charge on any atom is 0.147 e. The minimum absolute atomic E-state index is 0.109. The molecule has 0 bridgehead atoms. The summed E-state index contributed by atoms with van der Waals surface area (Å²) in [5.74, 6) is 0. The lowest BCUT2D eigenvalue weighted by Gasteiger charge is -2.12. The largest absolute Gasteiger partial charge is 0.415 e. The van der Waals surface area contributed by atoms with Crippen LogP contribution in [0.15, 0.2) is 0 Å². The summed E-state index contributed by atoms with van der Waals surface area (Å²) in [6.45, 7) is 2.49. The van der Waals surface area contributed by atoms with Gasteiger partial charge in [0, 0.05) is 13.1 Å². The molecule has 54 valence electrons. The molecule has 9 heavy (non-hydrogen) atoms. The van der Waals surface area contributed by atoms with Crippen molar-refractivity contribution in [2.24, 2.45) is 0 Å². The first-order chi connectivity index (χ1) is 4.33. The van der Waals surface area contributed by atoms with E-state index in [-0.39, 0.29) is 6.10 Å². The van der Waals surface area contributed by atoms with E-state index < -0.39 is 0 Å². The Balaban J connectivity index is 2.14. The standard InChI is InChI=1S/C5H13NO2Si/c7-5-1-2-6(3-5)4-8-9/h5,7H,1-4H2,9H3. The summed E-state index contributed by atoms with van der Waals surface area (Å²) in [5, 5.41) is 9.04. The van der Waals surface area contributed by atoms with E-state index >= 15 is 0 Å². The fraction of sp³-hybridized carbons (Fsp3) is 1.00. The first-order valence-electron chi connectivity index (χ1n) is 3.22. The molecule has 0 aromatic rings. The molecule has 1 atom stereocenters. The van der Waals surface area contributed by atoms with Gasteiger partial charge in [-0.15, -0.1) is 0 Å². The van der Waals surface area contributed by atoms with Crippen LogP contribution in [0.2, 0.25) is 0 Å². The molecule has 0 aliphatic carbocycles. The van der Waals surface area contributed by atoms with E-state index in [0.29, 0.717) is 6.73 Å². The van der Waals surface area contributed by atoms with Gasteiger partial charge >= 0.3 is 0 Å². The van der Waals surface area contributed by atoms with Gasteiger partial charge in [-0.05, 0) is 6.42 Å². The summed E-state index contributed by atoms with van der Waals surface area (Å²) in [6, 6.07) is 0. The van der Waals surface area contributed by atoms with Crippen molar-refractivity contribution in [3.63, 3.8) is 0 Å². The predicted molar refractivity (Wildman–Crippen MR) is 38.1 cm³/mol. The summed E-state index contributed by atoms with van der Waals surface area (Å²) in [7, 11) is 0.794. The zero-order valence-corrected chi connectivity index (χ0v) is 7.71. The average Bonchev–Trinajstić information content (AvgIpc) is 2.17. The normalized spacial score (nSPS) is 29.7. The average molecular weight is 147 g/mol. The Morgan fingerprint density at radius 1 is 1.78 bits per heavy atom. The second kappa shape index (κ2) is 3.31. The highest BCUT2D eigenvalue weighted by atomic mass is 28.2. The molecule has 0 spiro atoms. The van der Waals surface area contributed by atoms with Gasteiger partial charge in [-0.1, -0.05) is 0 Å². The van der Waals surface area contributed by atoms with Crippen LogP contribution in [-0.2, 0) is 4.43 Å². The van der Waals surface area contributed by atoms with Gasteiger partial charge in [0.2, 0.25) is 0 Å². The number of β-amino-alcohol motifs (C(OH)–C–C–N with tert-alkyl or cyclic N) is 1. The number of aliphatic hydroxyl groups excluding tert-OH is 1. The van der Waals surface area contributed by atoms with Crippen LogP contribution in [0.5, 0.6) is 0 Å². The van der Waals surface area contributed by atoms with Crippen LogP contribution < -0.4 is 0 Å². The van der Waals surface area contributed by atoms with Crippen molar-refractivity contribution in [1.82, 2.24) is 4.90 Å². The van der Waals surface area contributed by atoms with Crippen molar-refractivity contribution in [3.05, 3.63) is 0 Å². The first-order valence-corrected chi connectivity index (χ1v) is 4.04. The summed E-state index contributed by atoms with van der Waals surface area (Å²) in [5.41, 5.74) is 0. The second-order valence-corrected chi connectivity index (χ2v) is 3.01. The zero-order chi connectivity index (χ0) is 6.69. The lowest BCUT2D eigenvalue weighted by molar-refractivity contribution is 0.130. The molecule has 1 saturated heterocycles. The van der Waals surface area contributed by atoms with Crippen molar-refractivity contribution in [2.45, 2.75) is 12.5 Å². The van der Waals surface area contributed by atoms with E-state index in [0.717, 1.165) is 30.0 Å². The van der Waals surface area contributed by atoms with Gasteiger partial charge in [0.1, 0.15) is 10.5 Å². The van der Waals surface area contributed by atoms with Crippen molar-refractivity contribution in [3.8, 4) is 0 Å². The van der Waals surface area contributed by atoms with Crippen molar-refractivity contribution in [2.75, 3.05) is 19.8 Å². The quantitative estimate of drug-likeness (QED) is 0.473. The highest BCUT2D eigenvalue weighted by Gasteiger charge is 2.18. The molecule has 0 aromatic heterocycles. The number of rotatable bonds is 2. The molecule has 1 fully saturated rings. The van der Waals surface area contributed by atoms with Gasteiger partial charge in [-0.25, -0.2) is 0 Å². The SMILES string of the molecule is OC1CCN(CO[SiH3])C1. The fourth-order valence-corrected chi connectivity index (χ4v) is 1.48. The number of nitrogens with zero attached hydrogens (tertiary/aromatic N) is 1. The Morgan fingerprint density at radius 2 is 2.56 bits per heavy atom. The molecule has 1 aliphatic rings. The minimum Gasteiger partial charge on any atom is -0.415 e. The molecule has 1 rings (SSSR count). The smallest absolute Gasteiger partial charge is 0.147 e. The first kappa shape index (κ1) is 7.21. The van der Waals surface area contributed by atoms with Crippen molar-refractivity contribution >= 4 is 10.5 Å². The minimum atomic E-state index is -0.109. The third kappa shape index (κ3) is 2.06. The molecule has 0 aromatic carbocycles. The maximum absolute atomic E-state index is 9.04. The van der Waals surface area contributed by atoms with Crippen LogP contribution in [0.4, 0.5) is 0 Å². The lowest BCUT2D eigenvalue weighted by atomic mass is 10.3. The topological polar surface area (TPSA) is 32.7 Å². The molecule has 1 heterocycles. The Labute approximate surface area is 58.2 Å². The van der Waals surface area contributed by atoms with Crippen molar-refractivity contribution < 1.29 is 9.53 Å². The molecule has 3 nitrogen and oxygen atoms in total. The van der Waals surface area contributed by atoms with E-state index in [1.54, 1.807) is 0 Å². The van der Waals surface area contributed by atoms with Crippen LogP contribution in [0, 0.1) is 0 Å². The molecule has 0 amide bonds. The van der Waals surface area contributed by atoms with Gasteiger partial charge in [-0.3, -0.25) is 4.90 Å². The number of hydrogen-bond acceptors (Lipinski definition) is 3. The third-order valence-electron chi connectivity index (χ3n) is 1.56. The monoisotopic (exact) mass is 147 g/mol. The van der Waals surface area contributed by atoms with Gasteiger partial charge < -0.3 is 9.53 Å². The fourth-order valence-electron chi connectivity index (χ4n) is 1.11. The molecule has 0 saturated carbocycles. The van der Waals surface area contributed by atoms with Gasteiger partial charge in [0.15, 0.2) is 0 Å². The molecule has 4 heteroatoms. The molecule has 1 N–H and O–H groups in total. The van der Waals surface area contributed by atoms with Crippen LogP contribution in [0.3, 0.4) is 0 Å². The molecule has 1 unspecified atom stereocenters. The molecular weight excluding hydrogens is 134 g/mol. The highest BCUT2D eigenvalue weighted by molar-refractivity contribution is 5.97. The Hall–Kier alpha value is 0.0969. The van der Waals surface area contributed by atoms with Crippen LogP contribution in [0.25, 0.3) is 0 Å². The predicted octanol–water partition coefficient (Wildman–Crippen LogP) is -1.69. The summed E-state index contributed by atoms with van der Waals surface area (Å²) < 4.78 is 5.03. The molecule has 1 aliphatic heterocycles. The van der Waals surface area contributed by atoms with Crippen LogP contribution >= 0.6 is 0 Å². The van der Waals surface area contributed by atoms with E-state index in [9.17, 15) is 0 Å². The Morgan fingerprint density at radius 3 is 3.00 bits per heavy atom. The van der Waals surface area contributed by atoms with Gasteiger partial charge in [-0.2, -0.15) is 0 Å². The van der Waals surface area contributed by atoms with Crippen molar-refractivity contribution in [1.29, 1.82) is 0 Å². The number of likely N-dealkylation sites (tertiary alicyclic amines) is 1. The van der Waals surface area contributed by atoms with E-state index in [1.165, 1.54) is 0 Å². The van der Waals surface area contributed by atoms with Crippen LogP contribution in [-0.4, -0.2) is 46.4 Å². The lowest BCUT2D eigenvalue weighted by Crippen LogP contribution is -2.24. The second-order valence-electron chi connectivity index (χ2n) is 2.44. The maximum atomic E-state index is 9.04. The van der Waals surface area contributed by atoms with E-state index in [1.807, 2.05) is 0 Å². The summed E-state index contributed by atoms with van der Waals surface area (Å²) in [4.78, 5) is 2.12. The van der Waals surface area contributed by atoms with Crippen LogP contribution in [0.1, 0.15) is 6.42 Å². The molecular formula is C5H13NO2Si. The van der Waals surface area contributed by atoms with Gasteiger partial charge in [0.05, 0.1) is 12.8 Å². The molecule has 0 radical (unpaired) electrons. The van der Waals surface area contributed by atoms with E-state index in [2.05, 4.69) is 4.90 Å². The van der Waals surface area contributed by atoms with Gasteiger partial charge in [0.25, 0.3) is 0 Å². The summed E-state index contributed by atoms with van der Waals surface area (Å²) >= 11 is 0. The zero-order valence-electron chi connectivity index (χ0n) is 5.71. The Bertz CT molecular complexity index is 89.0. The highest BCUT2D eigenvalue weighted by Crippen LogP contribution is 2.06. The third-order valence-corrected chi connectivity index (χ3v) is 1.82. The Kier molecular flexibility index (Phi) is 2.65. The number of aliphatic hydroxyl groups is 1. The summed E-state index contributed by atoms with van der Waals surface area (Å²) in [6.07, 6.45) is 0.798.